The van der Waals surface area contributed by atoms with Crippen LogP contribution in [0.5, 0.6) is 0 Å². The highest BCUT2D eigenvalue weighted by atomic mass is 32.2. The third kappa shape index (κ3) is 5.61. The highest BCUT2D eigenvalue weighted by Gasteiger charge is 2.38. The molecule has 2 aromatic rings. The van der Waals surface area contributed by atoms with Crippen LogP contribution in [-0.4, -0.2) is 50.5 Å². The van der Waals surface area contributed by atoms with Crippen LogP contribution in [0.4, 0.5) is 8.78 Å². The van der Waals surface area contributed by atoms with Gasteiger partial charge in [-0.15, -0.1) is 0 Å². The topological polar surface area (TPSA) is 66.5 Å². The fraction of sp³-hybridized carbons (Fsp3) is 0.381. The van der Waals surface area contributed by atoms with Crippen molar-refractivity contribution in [1.29, 1.82) is 0 Å². The zero-order chi connectivity index (χ0) is 21.0. The molecule has 1 saturated heterocycles. The predicted molar refractivity (Wildman–Crippen MR) is 108 cm³/mol. The Labute approximate surface area is 169 Å². The molecule has 0 spiro atoms. The molecule has 3 rings (SSSR count). The van der Waals surface area contributed by atoms with Crippen LogP contribution in [-0.2, 0) is 21.2 Å². The fourth-order valence-electron chi connectivity index (χ4n) is 3.87. The molecule has 0 aliphatic carbocycles. The summed E-state index contributed by atoms with van der Waals surface area (Å²) in [5.74, 6) is -1.26. The van der Waals surface area contributed by atoms with E-state index in [1.54, 1.807) is 0 Å². The quantitative estimate of drug-likeness (QED) is 0.778. The van der Waals surface area contributed by atoms with Crippen molar-refractivity contribution in [2.45, 2.75) is 37.8 Å². The fourth-order valence-corrected chi connectivity index (χ4v) is 4.70. The third-order valence-electron chi connectivity index (χ3n) is 5.09. The van der Waals surface area contributed by atoms with Crippen LogP contribution in [0.25, 0.3) is 11.1 Å². The summed E-state index contributed by atoms with van der Waals surface area (Å²) in [6.45, 7) is 0.189. The molecule has 2 unspecified atom stereocenters. The Morgan fingerprint density at radius 3 is 2.48 bits per heavy atom. The SMILES string of the molecule is CS(=O)(=O)NC1CCCN(C(=O)C(F)F)C1Cc1cccc(-c2ccccc2)c1. The number of amides is 1. The second kappa shape index (κ2) is 9.00. The van der Waals surface area contributed by atoms with E-state index in [-0.39, 0.29) is 13.0 Å². The molecule has 1 amide bonds. The Morgan fingerprint density at radius 2 is 1.83 bits per heavy atom. The number of hydrogen-bond donors (Lipinski definition) is 1. The first-order valence-corrected chi connectivity index (χ1v) is 11.3. The molecule has 2 aromatic carbocycles. The smallest absolute Gasteiger partial charge is 0.315 e. The van der Waals surface area contributed by atoms with Gasteiger partial charge in [0.2, 0.25) is 10.0 Å². The van der Waals surface area contributed by atoms with Gasteiger partial charge in [0.1, 0.15) is 0 Å². The van der Waals surface area contributed by atoms with E-state index in [9.17, 15) is 22.0 Å². The van der Waals surface area contributed by atoms with Gasteiger partial charge in [0.25, 0.3) is 5.91 Å². The van der Waals surface area contributed by atoms with Crippen molar-refractivity contribution in [3.8, 4) is 11.1 Å². The number of carbonyl (C=O) groups excluding carboxylic acids is 1. The van der Waals surface area contributed by atoms with E-state index in [0.717, 1.165) is 27.8 Å². The molecule has 1 heterocycles. The lowest BCUT2D eigenvalue weighted by Crippen LogP contribution is -2.58. The Bertz CT molecular complexity index is 951. The van der Waals surface area contributed by atoms with Crippen LogP contribution < -0.4 is 4.72 Å². The minimum Gasteiger partial charge on any atom is -0.333 e. The van der Waals surface area contributed by atoms with Gasteiger partial charge in [0.15, 0.2) is 0 Å². The van der Waals surface area contributed by atoms with Crippen molar-refractivity contribution in [2.24, 2.45) is 0 Å². The summed E-state index contributed by atoms with van der Waals surface area (Å²) in [6.07, 6.45) is -0.847. The standard InChI is InChI=1S/C21H24F2N2O3S/c1-29(27,28)24-18-11-6-12-25(21(26)20(22)23)19(18)14-15-7-5-10-17(13-15)16-8-3-2-4-9-16/h2-5,7-10,13,18-20,24H,6,11-12,14H2,1H3. The van der Waals surface area contributed by atoms with Crippen molar-refractivity contribution in [2.75, 3.05) is 12.8 Å². The van der Waals surface area contributed by atoms with E-state index in [0.29, 0.717) is 12.8 Å². The summed E-state index contributed by atoms with van der Waals surface area (Å²) < 4.78 is 52.4. The number of nitrogens with zero attached hydrogens (tertiary/aromatic N) is 1. The first kappa shape index (κ1) is 21.4. The lowest BCUT2D eigenvalue weighted by Gasteiger charge is -2.41. The van der Waals surface area contributed by atoms with Gasteiger partial charge in [-0.2, -0.15) is 8.78 Å². The molecule has 1 fully saturated rings. The average Bonchev–Trinajstić information content (AvgIpc) is 2.68. The van der Waals surface area contributed by atoms with Crippen molar-refractivity contribution < 1.29 is 22.0 Å². The van der Waals surface area contributed by atoms with E-state index < -0.39 is 34.4 Å². The van der Waals surface area contributed by atoms with Crippen LogP contribution in [0, 0.1) is 0 Å². The van der Waals surface area contributed by atoms with Crippen molar-refractivity contribution >= 4 is 15.9 Å². The molecule has 29 heavy (non-hydrogen) atoms. The van der Waals surface area contributed by atoms with Crippen LogP contribution >= 0.6 is 0 Å². The number of nitrogens with one attached hydrogen (secondary N) is 1. The lowest BCUT2D eigenvalue weighted by molar-refractivity contribution is -0.147. The Morgan fingerprint density at radius 1 is 1.14 bits per heavy atom. The summed E-state index contributed by atoms with van der Waals surface area (Å²) in [7, 11) is -3.54. The van der Waals surface area contributed by atoms with E-state index in [1.807, 2.05) is 54.6 Å². The lowest BCUT2D eigenvalue weighted by atomic mass is 9.90. The highest BCUT2D eigenvalue weighted by molar-refractivity contribution is 7.88. The van der Waals surface area contributed by atoms with Gasteiger partial charge in [-0.05, 0) is 36.0 Å². The van der Waals surface area contributed by atoms with E-state index in [4.69, 9.17) is 0 Å². The zero-order valence-corrected chi connectivity index (χ0v) is 16.9. The van der Waals surface area contributed by atoms with Gasteiger partial charge in [-0.1, -0.05) is 54.6 Å². The molecule has 156 valence electrons. The van der Waals surface area contributed by atoms with Crippen molar-refractivity contribution in [1.82, 2.24) is 9.62 Å². The number of rotatable bonds is 6. The highest BCUT2D eigenvalue weighted by Crippen LogP contribution is 2.26. The zero-order valence-electron chi connectivity index (χ0n) is 16.1. The van der Waals surface area contributed by atoms with Crippen LogP contribution in [0.2, 0.25) is 0 Å². The predicted octanol–water partition coefficient (Wildman–Crippen LogP) is 3.07. The number of hydrogen-bond acceptors (Lipinski definition) is 3. The van der Waals surface area contributed by atoms with Crippen molar-refractivity contribution in [3.05, 3.63) is 60.2 Å². The molecular weight excluding hydrogens is 398 g/mol. The number of piperidine rings is 1. The Kier molecular flexibility index (Phi) is 6.64. The number of alkyl halides is 2. The van der Waals surface area contributed by atoms with Gasteiger partial charge < -0.3 is 4.90 Å². The minimum atomic E-state index is -3.54. The maximum Gasteiger partial charge on any atom is 0.315 e. The molecule has 1 aliphatic rings. The number of sulfonamides is 1. The average molecular weight is 422 g/mol. The second-order valence-corrected chi connectivity index (χ2v) is 9.09. The maximum atomic E-state index is 13.1. The molecule has 2 atom stereocenters. The normalized spacial score (nSPS) is 20.1. The Hall–Kier alpha value is -2.32. The van der Waals surface area contributed by atoms with Gasteiger partial charge in [0.05, 0.1) is 12.3 Å². The minimum absolute atomic E-state index is 0.189. The molecule has 0 radical (unpaired) electrons. The summed E-state index contributed by atoms with van der Waals surface area (Å²) in [5, 5.41) is 0. The first-order chi connectivity index (χ1) is 13.7. The van der Waals surface area contributed by atoms with Crippen LogP contribution in [0.15, 0.2) is 54.6 Å². The summed E-state index contributed by atoms with van der Waals surface area (Å²) in [5.41, 5.74) is 2.84. The third-order valence-corrected chi connectivity index (χ3v) is 5.82. The summed E-state index contributed by atoms with van der Waals surface area (Å²) >= 11 is 0. The number of likely N-dealkylation sites (tertiary alicyclic amines) is 1. The number of halogens is 2. The van der Waals surface area contributed by atoms with E-state index >= 15 is 0 Å². The number of carbonyl (C=O) groups is 1. The van der Waals surface area contributed by atoms with Crippen LogP contribution in [0.3, 0.4) is 0 Å². The molecule has 0 aromatic heterocycles. The monoisotopic (exact) mass is 422 g/mol. The van der Waals surface area contributed by atoms with Gasteiger partial charge in [0, 0.05) is 12.6 Å². The molecule has 1 aliphatic heterocycles. The van der Waals surface area contributed by atoms with E-state index in [1.165, 1.54) is 0 Å². The molecular formula is C21H24F2N2O3S. The van der Waals surface area contributed by atoms with Crippen LogP contribution in [0.1, 0.15) is 18.4 Å². The number of benzene rings is 2. The van der Waals surface area contributed by atoms with Gasteiger partial charge in [-0.25, -0.2) is 13.1 Å². The van der Waals surface area contributed by atoms with Gasteiger partial charge in [-0.3, -0.25) is 4.79 Å². The van der Waals surface area contributed by atoms with E-state index in [2.05, 4.69) is 4.72 Å². The molecule has 1 N–H and O–H groups in total. The maximum absolute atomic E-state index is 13.1. The van der Waals surface area contributed by atoms with Gasteiger partial charge >= 0.3 is 6.43 Å². The molecule has 5 nitrogen and oxygen atoms in total. The molecule has 8 heteroatoms. The molecule has 0 saturated carbocycles. The first-order valence-electron chi connectivity index (χ1n) is 9.45. The summed E-state index contributed by atoms with van der Waals surface area (Å²) in [4.78, 5) is 13.2. The summed E-state index contributed by atoms with van der Waals surface area (Å²) in [6, 6.07) is 16.1. The Balaban J connectivity index is 1.91. The molecule has 0 bridgehead atoms. The second-order valence-electron chi connectivity index (χ2n) is 7.31. The largest absolute Gasteiger partial charge is 0.333 e. The van der Waals surface area contributed by atoms with Crippen molar-refractivity contribution in [3.63, 3.8) is 0 Å².